The van der Waals surface area contributed by atoms with Crippen LogP contribution in [0, 0.1) is 0 Å². The Hall–Kier alpha value is -2.39. The summed E-state index contributed by atoms with van der Waals surface area (Å²) in [7, 11) is -1.97. The van der Waals surface area contributed by atoms with Crippen molar-refractivity contribution in [1.82, 2.24) is 9.21 Å². The number of ether oxygens (including phenoxy) is 1. The van der Waals surface area contributed by atoms with Gasteiger partial charge >= 0.3 is 0 Å². The summed E-state index contributed by atoms with van der Waals surface area (Å²) >= 11 is 6.07. The van der Waals surface area contributed by atoms with E-state index in [1.807, 2.05) is 35.2 Å². The molecular weight excluding hydrogens is 426 g/mol. The van der Waals surface area contributed by atoms with E-state index in [0.717, 1.165) is 5.56 Å². The van der Waals surface area contributed by atoms with E-state index < -0.39 is 10.0 Å². The smallest absolute Gasteiger partial charge is 0.238 e. The SMILES string of the molecule is COc1ccc(NC(=O)CN2CCN(S(=O)(=O)/C=C\c3ccccc3)CC2)cc1Cl. The summed E-state index contributed by atoms with van der Waals surface area (Å²) in [5.41, 5.74) is 1.41. The molecule has 0 aromatic heterocycles. The number of benzene rings is 2. The van der Waals surface area contributed by atoms with E-state index in [4.69, 9.17) is 16.3 Å². The standard InChI is InChI=1S/C21H24ClN3O4S/c1-29-20-8-7-18(15-19(20)22)23-21(26)16-24-10-12-25(13-11-24)30(27,28)14-9-17-5-3-2-4-6-17/h2-9,14-15H,10-13,16H2,1H3,(H,23,26)/b14-9-. The van der Waals surface area contributed by atoms with Gasteiger partial charge in [0.15, 0.2) is 0 Å². The molecule has 2 aromatic rings. The van der Waals surface area contributed by atoms with E-state index >= 15 is 0 Å². The van der Waals surface area contributed by atoms with Crippen molar-refractivity contribution in [2.45, 2.75) is 0 Å². The lowest BCUT2D eigenvalue weighted by atomic mass is 10.2. The van der Waals surface area contributed by atoms with Crippen LogP contribution in [-0.4, -0.2) is 63.4 Å². The summed E-state index contributed by atoms with van der Waals surface area (Å²) in [6, 6.07) is 14.3. The molecule has 3 rings (SSSR count). The third-order valence-electron chi connectivity index (χ3n) is 4.73. The van der Waals surface area contributed by atoms with E-state index in [0.29, 0.717) is 42.6 Å². The van der Waals surface area contributed by atoms with Gasteiger partial charge in [-0.3, -0.25) is 9.69 Å². The lowest BCUT2D eigenvalue weighted by Gasteiger charge is -2.32. The number of halogens is 1. The van der Waals surface area contributed by atoms with Crippen molar-refractivity contribution in [1.29, 1.82) is 0 Å². The molecule has 0 spiro atoms. The van der Waals surface area contributed by atoms with Crippen LogP contribution in [0.1, 0.15) is 5.56 Å². The second-order valence-corrected chi connectivity index (χ2v) is 9.06. The van der Waals surface area contributed by atoms with Gasteiger partial charge in [-0.2, -0.15) is 4.31 Å². The van der Waals surface area contributed by atoms with Gasteiger partial charge in [-0.15, -0.1) is 0 Å². The second kappa shape index (κ2) is 10.1. The Labute approximate surface area is 181 Å². The Bertz CT molecular complexity index is 1000. The largest absolute Gasteiger partial charge is 0.495 e. The van der Waals surface area contributed by atoms with Gasteiger partial charge in [0.25, 0.3) is 0 Å². The maximum Gasteiger partial charge on any atom is 0.238 e. The van der Waals surface area contributed by atoms with Crippen molar-refractivity contribution >= 4 is 39.3 Å². The van der Waals surface area contributed by atoms with E-state index in [1.165, 1.54) is 16.8 Å². The highest BCUT2D eigenvalue weighted by Crippen LogP contribution is 2.27. The van der Waals surface area contributed by atoms with Crippen molar-refractivity contribution in [3.05, 3.63) is 64.5 Å². The van der Waals surface area contributed by atoms with Gasteiger partial charge in [-0.1, -0.05) is 41.9 Å². The molecule has 2 aromatic carbocycles. The van der Waals surface area contributed by atoms with Crippen LogP contribution in [0.3, 0.4) is 0 Å². The van der Waals surface area contributed by atoms with Gasteiger partial charge in [-0.25, -0.2) is 8.42 Å². The number of piperazine rings is 1. The summed E-state index contributed by atoms with van der Waals surface area (Å²) in [5.74, 6) is 0.352. The monoisotopic (exact) mass is 449 g/mol. The van der Waals surface area contributed by atoms with Crippen LogP contribution >= 0.6 is 11.6 Å². The summed E-state index contributed by atoms with van der Waals surface area (Å²) in [6.07, 6.45) is 1.59. The highest BCUT2D eigenvalue weighted by molar-refractivity contribution is 7.92. The second-order valence-electron chi connectivity index (χ2n) is 6.83. The minimum absolute atomic E-state index is 0.178. The third-order valence-corrected chi connectivity index (χ3v) is 6.59. The van der Waals surface area contributed by atoms with Gasteiger partial charge < -0.3 is 10.1 Å². The molecule has 0 aliphatic carbocycles. The first-order chi connectivity index (χ1) is 14.4. The predicted molar refractivity (Wildman–Crippen MR) is 119 cm³/mol. The summed E-state index contributed by atoms with van der Waals surface area (Å²) in [6.45, 7) is 1.81. The molecular formula is C21H24ClN3O4S. The van der Waals surface area contributed by atoms with E-state index in [-0.39, 0.29) is 12.5 Å². The Balaban J connectivity index is 1.49. The molecule has 0 unspecified atom stereocenters. The molecule has 1 fully saturated rings. The third kappa shape index (κ3) is 6.06. The first-order valence-corrected chi connectivity index (χ1v) is 11.3. The average Bonchev–Trinajstić information content (AvgIpc) is 2.73. The number of hydrogen-bond donors (Lipinski definition) is 1. The molecule has 1 amide bonds. The molecule has 0 bridgehead atoms. The van der Waals surface area contributed by atoms with Crippen LogP contribution in [0.15, 0.2) is 53.9 Å². The zero-order valence-electron chi connectivity index (χ0n) is 16.6. The number of amides is 1. The minimum atomic E-state index is -3.49. The van der Waals surface area contributed by atoms with E-state index in [1.54, 1.807) is 24.3 Å². The number of carbonyl (C=O) groups excluding carboxylic acids is 1. The molecule has 0 saturated carbocycles. The Kier molecular flexibility index (Phi) is 7.49. The number of carbonyl (C=O) groups is 1. The van der Waals surface area contributed by atoms with Crippen LogP contribution in [-0.2, 0) is 14.8 Å². The van der Waals surface area contributed by atoms with Crippen LogP contribution in [0.2, 0.25) is 5.02 Å². The van der Waals surface area contributed by atoms with E-state index in [9.17, 15) is 13.2 Å². The Morgan fingerprint density at radius 2 is 1.83 bits per heavy atom. The molecule has 1 saturated heterocycles. The van der Waals surface area contributed by atoms with Gasteiger partial charge in [0, 0.05) is 37.3 Å². The molecule has 30 heavy (non-hydrogen) atoms. The number of nitrogens with zero attached hydrogens (tertiary/aromatic N) is 2. The van der Waals surface area contributed by atoms with Crippen LogP contribution in [0.25, 0.3) is 6.08 Å². The molecule has 7 nitrogen and oxygen atoms in total. The number of rotatable bonds is 7. The van der Waals surface area contributed by atoms with Crippen molar-refractivity contribution < 1.29 is 17.9 Å². The normalized spacial score (nSPS) is 15.9. The Morgan fingerprint density at radius 1 is 1.13 bits per heavy atom. The molecule has 1 N–H and O–H groups in total. The zero-order chi connectivity index (χ0) is 21.6. The summed E-state index contributed by atoms with van der Waals surface area (Å²) in [4.78, 5) is 14.2. The number of hydrogen-bond acceptors (Lipinski definition) is 5. The maximum atomic E-state index is 12.5. The summed E-state index contributed by atoms with van der Waals surface area (Å²) < 4.78 is 31.6. The summed E-state index contributed by atoms with van der Waals surface area (Å²) in [5, 5.41) is 4.45. The number of anilines is 1. The molecule has 9 heteroatoms. The van der Waals surface area contributed by atoms with Crippen LogP contribution in [0.5, 0.6) is 5.75 Å². The lowest BCUT2D eigenvalue weighted by molar-refractivity contribution is -0.117. The van der Waals surface area contributed by atoms with Crippen molar-refractivity contribution in [2.24, 2.45) is 0 Å². The molecule has 160 valence electrons. The van der Waals surface area contributed by atoms with Crippen molar-refractivity contribution in [3.8, 4) is 5.75 Å². The van der Waals surface area contributed by atoms with Gasteiger partial charge in [0.1, 0.15) is 5.75 Å². The van der Waals surface area contributed by atoms with Gasteiger partial charge in [0.05, 0.1) is 18.7 Å². The highest BCUT2D eigenvalue weighted by Gasteiger charge is 2.26. The van der Waals surface area contributed by atoms with Crippen LogP contribution < -0.4 is 10.1 Å². The van der Waals surface area contributed by atoms with Crippen molar-refractivity contribution in [3.63, 3.8) is 0 Å². The van der Waals surface area contributed by atoms with Crippen molar-refractivity contribution in [2.75, 3.05) is 45.2 Å². The van der Waals surface area contributed by atoms with Gasteiger partial charge in [-0.05, 0) is 29.8 Å². The fourth-order valence-electron chi connectivity index (χ4n) is 3.10. The fraction of sp³-hybridized carbons (Fsp3) is 0.286. The van der Waals surface area contributed by atoms with Crippen LogP contribution in [0.4, 0.5) is 5.69 Å². The predicted octanol–water partition coefficient (Wildman–Crippen LogP) is 2.91. The first kappa shape index (κ1) is 22.3. The quantitative estimate of drug-likeness (QED) is 0.703. The molecule has 1 aliphatic rings. The number of nitrogens with one attached hydrogen (secondary N) is 1. The van der Waals surface area contributed by atoms with Gasteiger partial charge in [0.2, 0.25) is 15.9 Å². The highest BCUT2D eigenvalue weighted by atomic mass is 35.5. The molecule has 1 heterocycles. The van der Waals surface area contributed by atoms with E-state index in [2.05, 4.69) is 5.32 Å². The zero-order valence-corrected chi connectivity index (χ0v) is 18.2. The molecule has 0 radical (unpaired) electrons. The Morgan fingerprint density at radius 3 is 2.47 bits per heavy atom. The topological polar surface area (TPSA) is 79.0 Å². The molecule has 1 aliphatic heterocycles. The fourth-order valence-corrected chi connectivity index (χ4v) is 4.54. The lowest BCUT2D eigenvalue weighted by Crippen LogP contribution is -2.49. The molecule has 0 atom stereocenters. The number of methoxy groups -OCH3 is 1. The minimum Gasteiger partial charge on any atom is -0.495 e. The number of sulfonamides is 1. The average molecular weight is 450 g/mol. The first-order valence-electron chi connectivity index (χ1n) is 9.46. The maximum absolute atomic E-state index is 12.5.